The molecule has 0 aromatic heterocycles. The molecule has 0 aliphatic carbocycles. The highest BCUT2D eigenvalue weighted by Gasteiger charge is 2.23. The summed E-state index contributed by atoms with van der Waals surface area (Å²) in [6.45, 7) is 4.48. The van der Waals surface area contributed by atoms with Crippen LogP contribution in [0.2, 0.25) is 5.02 Å². The normalized spacial score (nSPS) is 16.9. The van der Waals surface area contributed by atoms with Crippen LogP contribution in [0, 0.1) is 5.92 Å². The lowest BCUT2D eigenvalue weighted by atomic mass is 9.93. The minimum atomic E-state index is -0.0176. The summed E-state index contributed by atoms with van der Waals surface area (Å²) >= 11 is 5.99. The first-order valence-electron chi connectivity index (χ1n) is 9.10. The maximum Gasteiger partial charge on any atom is 0.220 e. The largest absolute Gasteiger partial charge is 0.489 e. The van der Waals surface area contributed by atoms with Gasteiger partial charge < -0.3 is 20.3 Å². The zero-order chi connectivity index (χ0) is 18.9. The minimum absolute atomic E-state index is 0.0176. The summed E-state index contributed by atoms with van der Waals surface area (Å²) in [6, 6.07) is 7.41. The molecule has 26 heavy (non-hydrogen) atoms. The Hall–Kier alpha value is -1.95. The monoisotopic (exact) mass is 380 g/mol. The van der Waals surface area contributed by atoms with Gasteiger partial charge in [-0.05, 0) is 43.9 Å². The van der Waals surface area contributed by atoms with Crippen molar-refractivity contribution in [2.45, 2.75) is 32.3 Å². The van der Waals surface area contributed by atoms with E-state index in [2.05, 4.69) is 20.5 Å². The van der Waals surface area contributed by atoms with Crippen LogP contribution in [-0.2, 0) is 4.79 Å². The lowest BCUT2D eigenvalue weighted by molar-refractivity contribution is -0.121. The molecule has 6 nitrogen and oxygen atoms in total. The molecule has 0 spiro atoms. The lowest BCUT2D eigenvalue weighted by Crippen LogP contribution is -2.48. The van der Waals surface area contributed by atoms with Gasteiger partial charge in [0.2, 0.25) is 5.91 Å². The molecule has 0 bridgehead atoms. The predicted molar refractivity (Wildman–Crippen MR) is 106 cm³/mol. The van der Waals surface area contributed by atoms with E-state index in [0.29, 0.717) is 23.9 Å². The van der Waals surface area contributed by atoms with Crippen LogP contribution in [0.1, 0.15) is 26.2 Å². The molecule has 1 aliphatic heterocycles. The molecule has 2 N–H and O–H groups in total. The van der Waals surface area contributed by atoms with Crippen LogP contribution < -0.4 is 15.4 Å². The highest BCUT2D eigenvalue weighted by molar-refractivity contribution is 6.30. The number of nitrogens with zero attached hydrogens (tertiary/aromatic N) is 2. The number of carbonyl (C=O) groups is 1. The van der Waals surface area contributed by atoms with Gasteiger partial charge in [0, 0.05) is 38.6 Å². The summed E-state index contributed by atoms with van der Waals surface area (Å²) in [5.74, 6) is 2.22. The average molecular weight is 381 g/mol. The van der Waals surface area contributed by atoms with Gasteiger partial charge in [0.25, 0.3) is 0 Å². The molecular formula is C19H29ClN4O2. The number of aliphatic imine (C=N–C) groups is 1. The van der Waals surface area contributed by atoms with Crippen LogP contribution in [0.5, 0.6) is 5.75 Å². The molecular weight excluding hydrogens is 352 g/mol. The van der Waals surface area contributed by atoms with Crippen molar-refractivity contribution in [2.75, 3.05) is 33.7 Å². The van der Waals surface area contributed by atoms with Crippen molar-refractivity contribution < 1.29 is 9.53 Å². The summed E-state index contributed by atoms with van der Waals surface area (Å²) in [6.07, 6.45) is 2.60. The van der Waals surface area contributed by atoms with E-state index in [1.807, 2.05) is 31.2 Å². The number of benzene rings is 1. The molecule has 1 aromatic carbocycles. The quantitative estimate of drug-likeness (QED) is 0.588. The van der Waals surface area contributed by atoms with E-state index in [-0.39, 0.29) is 12.0 Å². The second-order valence-corrected chi connectivity index (χ2v) is 7.06. The highest BCUT2D eigenvalue weighted by Crippen LogP contribution is 2.21. The average Bonchev–Trinajstić information content (AvgIpc) is 2.63. The van der Waals surface area contributed by atoms with Crippen LogP contribution in [-0.4, -0.2) is 56.6 Å². The maximum absolute atomic E-state index is 11.5. The van der Waals surface area contributed by atoms with Crippen LogP contribution in [0.3, 0.4) is 0 Å². The van der Waals surface area contributed by atoms with Crippen molar-refractivity contribution in [3.05, 3.63) is 29.3 Å². The fraction of sp³-hybridized carbons (Fsp3) is 0.579. The number of guanidine groups is 1. The number of carbonyl (C=O) groups excluding carboxylic acids is 1. The van der Waals surface area contributed by atoms with Gasteiger partial charge in [0.05, 0.1) is 6.54 Å². The number of nitrogens with one attached hydrogen (secondary N) is 2. The second-order valence-electron chi connectivity index (χ2n) is 6.62. The van der Waals surface area contributed by atoms with Crippen LogP contribution in [0.4, 0.5) is 0 Å². The number of halogens is 1. The molecule has 0 radical (unpaired) electrons. The van der Waals surface area contributed by atoms with Gasteiger partial charge in [-0.25, -0.2) is 0 Å². The molecule has 7 heteroatoms. The summed E-state index contributed by atoms with van der Waals surface area (Å²) in [5, 5.41) is 6.75. The Bertz CT molecular complexity index is 615. The van der Waals surface area contributed by atoms with Crippen LogP contribution in [0.15, 0.2) is 29.3 Å². The number of hydrogen-bond acceptors (Lipinski definition) is 3. The molecule has 1 saturated heterocycles. The summed E-state index contributed by atoms with van der Waals surface area (Å²) in [5.41, 5.74) is 0. The number of piperidine rings is 1. The topological polar surface area (TPSA) is 66.0 Å². The van der Waals surface area contributed by atoms with E-state index >= 15 is 0 Å². The van der Waals surface area contributed by atoms with E-state index < -0.39 is 0 Å². The molecule has 1 fully saturated rings. The Morgan fingerprint density at radius 3 is 2.77 bits per heavy atom. The number of ether oxygens (including phenoxy) is 1. The SMILES string of the molecule is CN=C(NCC(C)Oc1cccc(Cl)c1)N1CCC(CC(=O)NC)CC1. The van der Waals surface area contributed by atoms with Gasteiger partial charge in [-0.15, -0.1) is 0 Å². The molecule has 1 aliphatic rings. The molecule has 144 valence electrons. The zero-order valence-corrected chi connectivity index (χ0v) is 16.6. The molecule has 1 atom stereocenters. The van der Waals surface area contributed by atoms with E-state index in [1.165, 1.54) is 0 Å². The van der Waals surface area contributed by atoms with Crippen LogP contribution in [0.25, 0.3) is 0 Å². The third-order valence-corrected chi connectivity index (χ3v) is 4.79. The van der Waals surface area contributed by atoms with Crippen molar-refractivity contribution >= 4 is 23.5 Å². The Kier molecular flexibility index (Phi) is 8.04. The predicted octanol–water partition coefficient (Wildman–Crippen LogP) is 2.53. The lowest BCUT2D eigenvalue weighted by Gasteiger charge is -2.34. The number of amides is 1. The maximum atomic E-state index is 11.5. The third kappa shape index (κ3) is 6.41. The number of rotatable bonds is 6. The van der Waals surface area contributed by atoms with E-state index in [9.17, 15) is 4.79 Å². The van der Waals surface area contributed by atoms with Crippen LogP contribution >= 0.6 is 11.6 Å². The molecule has 1 unspecified atom stereocenters. The van der Waals surface area contributed by atoms with E-state index in [1.54, 1.807) is 14.1 Å². The summed E-state index contributed by atoms with van der Waals surface area (Å²) in [7, 11) is 3.48. The van der Waals surface area contributed by atoms with Gasteiger partial charge in [-0.1, -0.05) is 17.7 Å². The molecule has 0 saturated carbocycles. The summed E-state index contributed by atoms with van der Waals surface area (Å²) in [4.78, 5) is 18.1. The van der Waals surface area contributed by atoms with Gasteiger partial charge in [0.15, 0.2) is 5.96 Å². The Labute approximate surface area is 161 Å². The summed E-state index contributed by atoms with van der Waals surface area (Å²) < 4.78 is 5.89. The fourth-order valence-electron chi connectivity index (χ4n) is 3.09. The van der Waals surface area contributed by atoms with Gasteiger partial charge in [-0.3, -0.25) is 9.79 Å². The van der Waals surface area contributed by atoms with E-state index in [4.69, 9.17) is 16.3 Å². The minimum Gasteiger partial charge on any atom is -0.489 e. The van der Waals surface area contributed by atoms with Gasteiger partial charge in [0.1, 0.15) is 11.9 Å². The number of hydrogen-bond donors (Lipinski definition) is 2. The smallest absolute Gasteiger partial charge is 0.220 e. The Balaban J connectivity index is 1.76. The standard InChI is InChI=1S/C19H29ClN4O2/c1-14(26-17-6-4-5-16(20)12-17)13-23-19(22-3)24-9-7-15(8-10-24)11-18(25)21-2/h4-6,12,14-15H,7-11,13H2,1-3H3,(H,21,25)(H,22,23). The first-order valence-corrected chi connectivity index (χ1v) is 9.48. The first kappa shape index (κ1) is 20.4. The highest BCUT2D eigenvalue weighted by atomic mass is 35.5. The Morgan fingerprint density at radius 1 is 1.42 bits per heavy atom. The molecule has 1 aromatic rings. The molecule has 2 rings (SSSR count). The number of likely N-dealkylation sites (tertiary alicyclic amines) is 1. The third-order valence-electron chi connectivity index (χ3n) is 4.56. The van der Waals surface area contributed by atoms with Crippen molar-refractivity contribution in [3.8, 4) is 5.75 Å². The van der Waals surface area contributed by atoms with Gasteiger partial charge >= 0.3 is 0 Å². The van der Waals surface area contributed by atoms with Crippen molar-refractivity contribution in [1.29, 1.82) is 0 Å². The van der Waals surface area contributed by atoms with E-state index in [0.717, 1.165) is 37.6 Å². The van der Waals surface area contributed by atoms with Crippen molar-refractivity contribution in [3.63, 3.8) is 0 Å². The molecule has 1 amide bonds. The first-order chi connectivity index (χ1) is 12.5. The van der Waals surface area contributed by atoms with Crippen molar-refractivity contribution in [1.82, 2.24) is 15.5 Å². The van der Waals surface area contributed by atoms with Crippen molar-refractivity contribution in [2.24, 2.45) is 10.9 Å². The second kappa shape index (κ2) is 10.3. The van der Waals surface area contributed by atoms with Gasteiger partial charge in [-0.2, -0.15) is 0 Å². The fourth-order valence-corrected chi connectivity index (χ4v) is 3.27. The Morgan fingerprint density at radius 2 is 2.15 bits per heavy atom. The molecule has 1 heterocycles. The zero-order valence-electron chi connectivity index (χ0n) is 15.8.